The molecule has 2 N–H and O–H groups in total. The summed E-state index contributed by atoms with van der Waals surface area (Å²) >= 11 is 1.57. The topological polar surface area (TPSA) is 88.9 Å². The van der Waals surface area contributed by atoms with Crippen molar-refractivity contribution in [2.75, 3.05) is 0 Å². The maximum absolute atomic E-state index is 5.79. The highest BCUT2D eigenvalue weighted by Crippen LogP contribution is 2.25. The number of hydrogen-bond donors (Lipinski definition) is 1. The maximum Gasteiger partial charge on any atom is 0.173 e. The van der Waals surface area contributed by atoms with Crippen molar-refractivity contribution in [1.82, 2.24) is 9.97 Å². The van der Waals surface area contributed by atoms with E-state index in [1.54, 1.807) is 29.8 Å². The molecule has 6 nitrogen and oxygen atoms in total. The minimum atomic E-state index is 0.223. The van der Waals surface area contributed by atoms with Crippen molar-refractivity contribution in [2.45, 2.75) is 0 Å². The summed E-state index contributed by atoms with van der Waals surface area (Å²) in [5.41, 5.74) is 8.04. The number of hydrogen-bond acceptors (Lipinski definition) is 5. The maximum atomic E-state index is 5.79. The van der Waals surface area contributed by atoms with Crippen LogP contribution in [0, 0.1) is 0 Å². The van der Waals surface area contributed by atoms with Gasteiger partial charge in [-0.15, -0.1) is 21.6 Å². The lowest BCUT2D eigenvalue weighted by Gasteiger charge is -1.97. The van der Waals surface area contributed by atoms with Gasteiger partial charge in [0, 0.05) is 23.3 Å². The predicted molar refractivity (Wildman–Crippen MR) is 87.0 cm³/mol. The minimum Gasteiger partial charge on any atom is -0.380 e. The van der Waals surface area contributed by atoms with Crippen molar-refractivity contribution in [3.63, 3.8) is 0 Å². The number of pyridine rings is 1. The molecule has 0 atom stereocenters. The Labute approximate surface area is 131 Å². The Morgan fingerprint density at radius 3 is 2.77 bits per heavy atom. The summed E-state index contributed by atoms with van der Waals surface area (Å²) in [4.78, 5) is 8.35. The molecule has 0 aliphatic rings. The van der Waals surface area contributed by atoms with Crippen LogP contribution < -0.4 is 5.73 Å². The van der Waals surface area contributed by atoms with E-state index < -0.39 is 0 Å². The highest BCUT2D eigenvalue weighted by atomic mass is 32.1. The van der Waals surface area contributed by atoms with E-state index in [0.717, 1.165) is 10.6 Å². The number of aromatic nitrogens is 2. The van der Waals surface area contributed by atoms with Gasteiger partial charge < -0.3 is 5.73 Å². The Bertz CT molecular complexity index is 796. The van der Waals surface area contributed by atoms with Crippen molar-refractivity contribution < 1.29 is 0 Å². The third-order valence-corrected chi connectivity index (χ3v) is 3.59. The Morgan fingerprint density at radius 2 is 2.00 bits per heavy atom. The molecule has 3 rings (SSSR count). The summed E-state index contributed by atoms with van der Waals surface area (Å²) in [7, 11) is 0. The first-order chi connectivity index (χ1) is 10.8. The van der Waals surface area contributed by atoms with Gasteiger partial charge in [-0.1, -0.05) is 18.2 Å². The van der Waals surface area contributed by atoms with Crippen molar-refractivity contribution in [1.29, 1.82) is 0 Å². The summed E-state index contributed by atoms with van der Waals surface area (Å²) in [6.45, 7) is 0. The lowest BCUT2D eigenvalue weighted by Crippen LogP contribution is -2.13. The molecule has 108 valence electrons. The molecule has 0 saturated heterocycles. The van der Waals surface area contributed by atoms with Gasteiger partial charge in [0.25, 0.3) is 0 Å². The Hall–Kier alpha value is -2.93. The largest absolute Gasteiger partial charge is 0.380 e. The summed E-state index contributed by atoms with van der Waals surface area (Å²) in [5.74, 6) is 0.223. The molecule has 3 aromatic rings. The van der Waals surface area contributed by atoms with E-state index in [1.807, 2.05) is 41.8 Å². The first-order valence-electron chi connectivity index (χ1n) is 6.48. The molecule has 0 aliphatic heterocycles. The van der Waals surface area contributed by atoms with Gasteiger partial charge in [-0.25, -0.2) is 4.98 Å². The van der Waals surface area contributed by atoms with Crippen LogP contribution in [-0.2, 0) is 0 Å². The van der Waals surface area contributed by atoms with E-state index in [1.165, 1.54) is 0 Å². The van der Waals surface area contributed by atoms with Gasteiger partial charge in [0.05, 0.1) is 5.69 Å². The van der Waals surface area contributed by atoms with Crippen molar-refractivity contribution in [3.05, 3.63) is 65.9 Å². The summed E-state index contributed by atoms with van der Waals surface area (Å²) < 4.78 is 0. The first-order valence-corrected chi connectivity index (χ1v) is 7.36. The van der Waals surface area contributed by atoms with Gasteiger partial charge in [-0.05, 0) is 29.5 Å². The van der Waals surface area contributed by atoms with Crippen molar-refractivity contribution in [2.24, 2.45) is 21.2 Å². The molecule has 0 amide bonds. The highest BCUT2D eigenvalue weighted by Gasteiger charge is 2.01. The second-order valence-corrected chi connectivity index (χ2v) is 5.17. The molecule has 7 heteroatoms. The predicted octanol–water partition coefficient (Wildman–Crippen LogP) is 3.61. The lowest BCUT2D eigenvalue weighted by molar-refractivity contribution is 1.05. The second kappa shape index (κ2) is 6.68. The van der Waals surface area contributed by atoms with Crippen LogP contribution in [0.4, 0.5) is 5.69 Å². The van der Waals surface area contributed by atoms with Crippen LogP contribution in [0.1, 0.15) is 5.69 Å². The molecule has 0 saturated carbocycles. The number of nitrogens with two attached hydrogens (primary N) is 1. The van der Waals surface area contributed by atoms with Gasteiger partial charge in [-0.2, -0.15) is 0 Å². The average Bonchev–Trinajstić information content (AvgIpc) is 3.10. The van der Waals surface area contributed by atoms with Gasteiger partial charge in [-0.3, -0.25) is 4.98 Å². The number of benzene rings is 1. The zero-order valence-electron chi connectivity index (χ0n) is 11.5. The summed E-state index contributed by atoms with van der Waals surface area (Å²) in [5, 5.41) is 14.5. The molecule has 22 heavy (non-hydrogen) atoms. The van der Waals surface area contributed by atoms with Crippen LogP contribution in [-0.4, -0.2) is 15.8 Å². The Morgan fingerprint density at radius 1 is 1.05 bits per heavy atom. The van der Waals surface area contributed by atoms with E-state index in [9.17, 15) is 0 Å². The molecule has 0 fully saturated rings. The quantitative estimate of drug-likeness (QED) is 0.345. The average molecular weight is 308 g/mol. The fourth-order valence-corrected chi connectivity index (χ4v) is 2.39. The standard InChI is InChI=1S/C15H12N6S/c16-14(13-6-1-2-7-17-13)20-21-19-12-5-3-4-11(10-12)15-18-8-9-22-15/h1-10H,(H2,16,19,20). The van der Waals surface area contributed by atoms with E-state index >= 15 is 0 Å². The van der Waals surface area contributed by atoms with Crippen LogP contribution in [0.3, 0.4) is 0 Å². The van der Waals surface area contributed by atoms with Crippen LogP contribution in [0.5, 0.6) is 0 Å². The fourth-order valence-electron chi connectivity index (χ4n) is 1.75. The third kappa shape index (κ3) is 3.39. The minimum absolute atomic E-state index is 0.223. The molecular weight excluding hydrogens is 296 g/mol. The molecule has 0 spiro atoms. The molecule has 2 aromatic heterocycles. The number of nitrogens with zero attached hydrogens (tertiary/aromatic N) is 5. The molecule has 2 heterocycles. The van der Waals surface area contributed by atoms with Gasteiger partial charge in [0.1, 0.15) is 10.7 Å². The number of rotatable bonds is 4. The number of thiazole rings is 1. The normalized spacial score (nSPS) is 11.9. The van der Waals surface area contributed by atoms with E-state index in [0.29, 0.717) is 11.4 Å². The molecule has 1 aromatic carbocycles. The summed E-state index contributed by atoms with van der Waals surface area (Å²) in [6, 6.07) is 13.0. The molecular formula is C15H12N6S. The van der Waals surface area contributed by atoms with Crippen LogP contribution in [0.25, 0.3) is 10.6 Å². The fraction of sp³-hybridized carbons (Fsp3) is 0. The van der Waals surface area contributed by atoms with Crippen LogP contribution >= 0.6 is 11.3 Å². The zero-order valence-corrected chi connectivity index (χ0v) is 12.3. The smallest absolute Gasteiger partial charge is 0.173 e. The highest BCUT2D eigenvalue weighted by molar-refractivity contribution is 7.13. The SMILES string of the molecule is N/C(=N\N=Nc1cccc(-c2nccs2)c1)c1ccccn1. The van der Waals surface area contributed by atoms with Crippen LogP contribution in [0.15, 0.2) is 75.7 Å². The molecule has 0 aliphatic carbocycles. The van der Waals surface area contributed by atoms with E-state index in [4.69, 9.17) is 5.73 Å². The van der Waals surface area contributed by atoms with Gasteiger partial charge >= 0.3 is 0 Å². The zero-order chi connectivity index (χ0) is 15.2. The third-order valence-electron chi connectivity index (χ3n) is 2.77. The van der Waals surface area contributed by atoms with Crippen molar-refractivity contribution >= 4 is 22.9 Å². The Balaban J connectivity index is 1.77. The summed E-state index contributed by atoms with van der Waals surface area (Å²) in [6.07, 6.45) is 3.42. The molecule has 0 radical (unpaired) electrons. The number of amidine groups is 1. The Kier molecular flexibility index (Phi) is 4.26. The van der Waals surface area contributed by atoms with Crippen LogP contribution in [0.2, 0.25) is 0 Å². The van der Waals surface area contributed by atoms with E-state index in [2.05, 4.69) is 25.4 Å². The monoisotopic (exact) mass is 308 g/mol. The van der Waals surface area contributed by atoms with Gasteiger partial charge in [0.15, 0.2) is 5.84 Å². The first kappa shape index (κ1) is 14.0. The second-order valence-electron chi connectivity index (χ2n) is 4.28. The van der Waals surface area contributed by atoms with E-state index in [-0.39, 0.29) is 5.84 Å². The van der Waals surface area contributed by atoms with Gasteiger partial charge in [0.2, 0.25) is 0 Å². The molecule has 0 bridgehead atoms. The molecule has 0 unspecified atom stereocenters. The lowest BCUT2D eigenvalue weighted by atomic mass is 10.2. The van der Waals surface area contributed by atoms with Crippen molar-refractivity contribution in [3.8, 4) is 10.6 Å².